The van der Waals surface area contributed by atoms with E-state index in [0.29, 0.717) is 0 Å². The standard InChI is InChI=1S/C14H20BrNO/c1-10(11-8-6-5-7-9-11)16-13(17)12(15)14(2,3)4/h5-10,12H,1-4H3,(H,16,17). The van der Waals surface area contributed by atoms with Gasteiger partial charge in [0.05, 0.1) is 10.9 Å². The zero-order valence-corrected chi connectivity index (χ0v) is 12.4. The first-order valence-electron chi connectivity index (χ1n) is 5.82. The lowest BCUT2D eigenvalue weighted by Gasteiger charge is -2.26. The van der Waals surface area contributed by atoms with Crippen molar-refractivity contribution in [3.63, 3.8) is 0 Å². The molecule has 17 heavy (non-hydrogen) atoms. The summed E-state index contributed by atoms with van der Waals surface area (Å²) in [7, 11) is 0. The van der Waals surface area contributed by atoms with E-state index in [1.165, 1.54) is 0 Å². The molecule has 2 atom stereocenters. The number of rotatable bonds is 3. The van der Waals surface area contributed by atoms with Crippen LogP contribution in [0.2, 0.25) is 0 Å². The van der Waals surface area contributed by atoms with Crippen LogP contribution in [-0.4, -0.2) is 10.7 Å². The van der Waals surface area contributed by atoms with Gasteiger partial charge in [-0.1, -0.05) is 67.0 Å². The molecule has 0 aliphatic heterocycles. The van der Waals surface area contributed by atoms with Gasteiger partial charge in [0, 0.05) is 0 Å². The van der Waals surface area contributed by atoms with Crippen LogP contribution in [0.15, 0.2) is 30.3 Å². The number of hydrogen-bond donors (Lipinski definition) is 1. The number of carbonyl (C=O) groups excluding carboxylic acids is 1. The normalized spacial score (nSPS) is 15.1. The van der Waals surface area contributed by atoms with Crippen LogP contribution in [0.4, 0.5) is 0 Å². The Kier molecular flexibility index (Phi) is 4.75. The van der Waals surface area contributed by atoms with E-state index in [1.807, 2.05) is 58.0 Å². The lowest BCUT2D eigenvalue weighted by atomic mass is 9.91. The predicted octanol–water partition coefficient (Wildman–Crippen LogP) is 3.67. The summed E-state index contributed by atoms with van der Waals surface area (Å²) in [5.41, 5.74) is 1.04. The van der Waals surface area contributed by atoms with E-state index in [0.717, 1.165) is 5.56 Å². The lowest BCUT2D eigenvalue weighted by molar-refractivity contribution is -0.122. The third kappa shape index (κ3) is 4.15. The number of amides is 1. The first-order valence-corrected chi connectivity index (χ1v) is 6.73. The second kappa shape index (κ2) is 5.67. The first kappa shape index (κ1) is 14.2. The fraction of sp³-hybridized carbons (Fsp3) is 0.500. The van der Waals surface area contributed by atoms with Gasteiger partial charge in [-0.05, 0) is 17.9 Å². The van der Waals surface area contributed by atoms with E-state index in [9.17, 15) is 4.79 Å². The van der Waals surface area contributed by atoms with Gasteiger partial charge in [-0.2, -0.15) is 0 Å². The third-order valence-electron chi connectivity index (χ3n) is 2.65. The third-order valence-corrected chi connectivity index (χ3v) is 4.44. The van der Waals surface area contributed by atoms with E-state index < -0.39 is 0 Å². The van der Waals surface area contributed by atoms with Gasteiger partial charge < -0.3 is 5.32 Å². The van der Waals surface area contributed by atoms with Gasteiger partial charge in [0.15, 0.2) is 0 Å². The quantitative estimate of drug-likeness (QED) is 0.848. The van der Waals surface area contributed by atoms with E-state index >= 15 is 0 Å². The molecule has 3 heteroatoms. The van der Waals surface area contributed by atoms with Crippen molar-refractivity contribution < 1.29 is 4.79 Å². The highest BCUT2D eigenvalue weighted by Crippen LogP contribution is 2.26. The van der Waals surface area contributed by atoms with E-state index in [1.54, 1.807) is 0 Å². The van der Waals surface area contributed by atoms with Crippen molar-refractivity contribution in [3.8, 4) is 0 Å². The van der Waals surface area contributed by atoms with Crippen molar-refractivity contribution in [3.05, 3.63) is 35.9 Å². The zero-order valence-electron chi connectivity index (χ0n) is 10.8. The summed E-state index contributed by atoms with van der Waals surface area (Å²) in [6.45, 7) is 8.12. The van der Waals surface area contributed by atoms with Crippen LogP contribution in [0.5, 0.6) is 0 Å². The highest BCUT2D eigenvalue weighted by molar-refractivity contribution is 9.10. The molecule has 0 radical (unpaired) electrons. The average Bonchev–Trinajstić information content (AvgIpc) is 2.27. The van der Waals surface area contributed by atoms with Crippen LogP contribution in [-0.2, 0) is 4.79 Å². The molecule has 1 aromatic carbocycles. The first-order chi connectivity index (χ1) is 7.82. The molecule has 0 heterocycles. The maximum atomic E-state index is 12.0. The molecule has 0 spiro atoms. The molecular formula is C14H20BrNO. The van der Waals surface area contributed by atoms with Gasteiger partial charge in [-0.25, -0.2) is 0 Å². The van der Waals surface area contributed by atoms with Gasteiger partial charge >= 0.3 is 0 Å². The van der Waals surface area contributed by atoms with Crippen molar-refractivity contribution in [1.82, 2.24) is 5.32 Å². The largest absolute Gasteiger partial charge is 0.349 e. The van der Waals surface area contributed by atoms with Gasteiger partial charge in [0.25, 0.3) is 0 Å². The van der Waals surface area contributed by atoms with E-state index in [-0.39, 0.29) is 22.2 Å². The number of benzene rings is 1. The van der Waals surface area contributed by atoms with Crippen molar-refractivity contribution in [2.24, 2.45) is 5.41 Å². The molecule has 1 N–H and O–H groups in total. The summed E-state index contributed by atoms with van der Waals surface area (Å²) in [4.78, 5) is 11.8. The Labute approximate surface area is 112 Å². The molecular weight excluding hydrogens is 278 g/mol. The number of nitrogens with one attached hydrogen (secondary N) is 1. The summed E-state index contributed by atoms with van der Waals surface area (Å²) in [5, 5.41) is 3.02. The molecule has 0 aliphatic rings. The smallest absolute Gasteiger partial charge is 0.234 e. The van der Waals surface area contributed by atoms with Gasteiger partial charge in [-0.15, -0.1) is 0 Å². The SMILES string of the molecule is CC(NC(=O)C(Br)C(C)(C)C)c1ccccc1. The Hall–Kier alpha value is -0.830. The molecule has 0 fully saturated rings. The molecule has 1 amide bonds. The summed E-state index contributed by atoms with van der Waals surface area (Å²) in [6, 6.07) is 10.0. The molecule has 0 aliphatic carbocycles. The second-order valence-electron chi connectivity index (χ2n) is 5.37. The zero-order chi connectivity index (χ0) is 13.1. The molecule has 2 unspecified atom stereocenters. The summed E-state index contributed by atoms with van der Waals surface area (Å²) >= 11 is 3.45. The van der Waals surface area contributed by atoms with Crippen LogP contribution in [0.1, 0.15) is 39.3 Å². The van der Waals surface area contributed by atoms with Crippen LogP contribution in [0.25, 0.3) is 0 Å². The monoisotopic (exact) mass is 297 g/mol. The minimum Gasteiger partial charge on any atom is -0.349 e. The average molecular weight is 298 g/mol. The Morgan fingerprint density at radius 1 is 1.24 bits per heavy atom. The van der Waals surface area contributed by atoms with Gasteiger partial charge in [0.1, 0.15) is 0 Å². The van der Waals surface area contributed by atoms with Gasteiger partial charge in [0.2, 0.25) is 5.91 Å². The number of carbonyl (C=O) groups is 1. The summed E-state index contributed by atoms with van der Waals surface area (Å²) < 4.78 is 0. The minimum absolute atomic E-state index is 0.0334. The highest BCUT2D eigenvalue weighted by Gasteiger charge is 2.29. The lowest BCUT2D eigenvalue weighted by Crippen LogP contribution is -2.39. The minimum atomic E-state index is -0.179. The van der Waals surface area contributed by atoms with E-state index in [2.05, 4.69) is 21.2 Å². The summed E-state index contributed by atoms with van der Waals surface area (Å²) in [5.74, 6) is 0.0360. The van der Waals surface area contributed by atoms with Crippen molar-refractivity contribution in [1.29, 1.82) is 0 Å². The number of alkyl halides is 1. The molecule has 1 aromatic rings. The molecule has 0 aromatic heterocycles. The maximum absolute atomic E-state index is 12.0. The van der Waals surface area contributed by atoms with E-state index in [4.69, 9.17) is 0 Å². The molecule has 1 rings (SSSR count). The van der Waals surface area contributed by atoms with Gasteiger partial charge in [-0.3, -0.25) is 4.79 Å². The van der Waals surface area contributed by atoms with Crippen molar-refractivity contribution >= 4 is 21.8 Å². The molecule has 0 bridgehead atoms. The Bertz CT molecular complexity index is 370. The molecule has 94 valence electrons. The van der Waals surface area contributed by atoms with Crippen molar-refractivity contribution in [2.45, 2.75) is 38.6 Å². The topological polar surface area (TPSA) is 29.1 Å². The van der Waals surface area contributed by atoms with Crippen LogP contribution in [0.3, 0.4) is 0 Å². The Morgan fingerprint density at radius 3 is 2.24 bits per heavy atom. The predicted molar refractivity (Wildman–Crippen MR) is 75.2 cm³/mol. The second-order valence-corrected chi connectivity index (χ2v) is 6.29. The number of halogens is 1. The van der Waals surface area contributed by atoms with Crippen LogP contribution < -0.4 is 5.32 Å². The fourth-order valence-electron chi connectivity index (χ4n) is 1.50. The Balaban J connectivity index is 2.64. The number of hydrogen-bond acceptors (Lipinski definition) is 1. The van der Waals surface area contributed by atoms with Crippen LogP contribution in [0, 0.1) is 5.41 Å². The van der Waals surface area contributed by atoms with Crippen molar-refractivity contribution in [2.75, 3.05) is 0 Å². The molecule has 2 nitrogen and oxygen atoms in total. The molecule has 0 saturated heterocycles. The summed E-state index contributed by atoms with van der Waals surface area (Å²) in [6.07, 6.45) is 0. The Morgan fingerprint density at radius 2 is 1.76 bits per heavy atom. The maximum Gasteiger partial charge on any atom is 0.234 e. The highest BCUT2D eigenvalue weighted by atomic mass is 79.9. The molecule has 0 saturated carbocycles. The van der Waals surface area contributed by atoms with Crippen LogP contribution >= 0.6 is 15.9 Å². The fourth-order valence-corrected chi connectivity index (χ4v) is 1.64.